The van der Waals surface area contributed by atoms with Gasteiger partial charge in [-0.2, -0.15) is 0 Å². The van der Waals surface area contributed by atoms with E-state index in [0.29, 0.717) is 0 Å². The Bertz CT molecular complexity index is 517. The van der Waals surface area contributed by atoms with Crippen LogP contribution in [-0.2, 0) is 42.7 Å². The van der Waals surface area contributed by atoms with Gasteiger partial charge in [0.2, 0.25) is 0 Å². The van der Waals surface area contributed by atoms with Crippen molar-refractivity contribution in [3.05, 3.63) is 0 Å². The summed E-state index contributed by atoms with van der Waals surface area (Å²) < 4.78 is 38.8. The van der Waals surface area contributed by atoms with Crippen molar-refractivity contribution in [2.24, 2.45) is 5.73 Å². The molecule has 10 heteroatoms. The van der Waals surface area contributed by atoms with E-state index >= 15 is 0 Å². The predicted molar refractivity (Wildman–Crippen MR) is 90.7 cm³/mol. The molecule has 8 atom stereocenters. The van der Waals surface area contributed by atoms with E-state index in [2.05, 4.69) is 0 Å². The van der Waals surface area contributed by atoms with E-state index < -0.39 is 60.9 Å². The largest absolute Gasteiger partial charge is 0.458 e. The summed E-state index contributed by atoms with van der Waals surface area (Å²) >= 11 is 0. The van der Waals surface area contributed by atoms with Crippen LogP contribution in [0.1, 0.15) is 20.8 Å². The first kappa shape index (κ1) is 22.0. The second kappa shape index (κ2) is 9.76. The topological polar surface area (TPSA) is 125 Å². The average molecular weight is 391 g/mol. The number of carbonyl (C=O) groups is 2. The highest BCUT2D eigenvalue weighted by atomic mass is 16.7. The lowest BCUT2D eigenvalue weighted by atomic mass is 9.98. The molecule has 0 spiro atoms. The molecule has 2 heterocycles. The van der Waals surface area contributed by atoms with Crippen molar-refractivity contribution in [2.75, 3.05) is 27.4 Å². The van der Waals surface area contributed by atoms with Crippen LogP contribution in [0.3, 0.4) is 0 Å². The maximum absolute atomic E-state index is 11.5. The molecule has 0 amide bonds. The predicted octanol–water partition coefficient (Wildman–Crippen LogP) is -0.633. The number of nitrogens with two attached hydrogens (primary N) is 1. The van der Waals surface area contributed by atoms with Crippen LogP contribution in [0.25, 0.3) is 0 Å². The fourth-order valence-electron chi connectivity index (χ4n) is 3.37. The molecule has 2 N–H and O–H groups in total. The number of esters is 2. The van der Waals surface area contributed by atoms with Crippen LogP contribution in [0.15, 0.2) is 0 Å². The minimum atomic E-state index is -0.878. The zero-order valence-corrected chi connectivity index (χ0v) is 16.3. The van der Waals surface area contributed by atoms with Crippen molar-refractivity contribution in [2.45, 2.75) is 69.7 Å². The molecular formula is C17H29NO9. The second-order valence-corrected chi connectivity index (χ2v) is 6.62. The quantitative estimate of drug-likeness (QED) is 0.585. The third kappa shape index (κ3) is 5.37. The van der Waals surface area contributed by atoms with Gasteiger partial charge in [-0.25, -0.2) is 0 Å². The molecule has 0 bridgehead atoms. The smallest absolute Gasteiger partial charge is 0.303 e. The van der Waals surface area contributed by atoms with Crippen molar-refractivity contribution in [1.82, 2.24) is 0 Å². The standard InChI is InChI=1S/C17H29NO9/c1-8-14(21-4)15(26-10(3)20)16(22-5)17(24-8)27-12-7-23-6-11(13(12)18)25-9(2)19/h8,11-17H,6-7,18H2,1-5H3. The molecule has 8 unspecified atom stereocenters. The van der Waals surface area contributed by atoms with Gasteiger partial charge < -0.3 is 38.9 Å². The lowest BCUT2D eigenvalue weighted by Gasteiger charge is -2.45. The van der Waals surface area contributed by atoms with E-state index in [9.17, 15) is 9.59 Å². The molecule has 156 valence electrons. The van der Waals surface area contributed by atoms with E-state index in [1.807, 2.05) is 0 Å². The molecule has 27 heavy (non-hydrogen) atoms. The van der Waals surface area contributed by atoms with Crippen molar-refractivity contribution >= 4 is 11.9 Å². The summed E-state index contributed by atoms with van der Waals surface area (Å²) in [7, 11) is 2.96. The van der Waals surface area contributed by atoms with Gasteiger partial charge in [-0.3, -0.25) is 9.59 Å². The molecule has 0 aliphatic carbocycles. The van der Waals surface area contributed by atoms with Crippen LogP contribution >= 0.6 is 0 Å². The van der Waals surface area contributed by atoms with Crippen molar-refractivity contribution in [3.8, 4) is 0 Å². The number of rotatable bonds is 6. The van der Waals surface area contributed by atoms with Crippen LogP contribution in [0.4, 0.5) is 0 Å². The van der Waals surface area contributed by atoms with E-state index in [1.165, 1.54) is 28.1 Å². The van der Waals surface area contributed by atoms with Gasteiger partial charge in [-0.15, -0.1) is 0 Å². The average Bonchev–Trinajstić information content (AvgIpc) is 2.58. The maximum Gasteiger partial charge on any atom is 0.303 e. The van der Waals surface area contributed by atoms with Gasteiger partial charge in [-0.05, 0) is 6.92 Å². The summed E-state index contributed by atoms with van der Waals surface area (Å²) in [6.07, 6.45) is -4.53. The van der Waals surface area contributed by atoms with Crippen LogP contribution in [0.5, 0.6) is 0 Å². The number of carbonyl (C=O) groups excluding carboxylic acids is 2. The SMILES string of the molecule is COC1C(C)OC(OC2COCC(OC(C)=O)C2N)C(OC)C1OC(C)=O. The van der Waals surface area contributed by atoms with Gasteiger partial charge >= 0.3 is 11.9 Å². The number of hydrogen-bond donors (Lipinski definition) is 1. The Morgan fingerprint density at radius 1 is 0.926 bits per heavy atom. The molecule has 2 saturated heterocycles. The van der Waals surface area contributed by atoms with E-state index in [-0.39, 0.29) is 13.2 Å². The molecule has 10 nitrogen and oxygen atoms in total. The summed E-state index contributed by atoms with van der Waals surface area (Å²) in [4.78, 5) is 22.8. The fraction of sp³-hybridized carbons (Fsp3) is 0.882. The number of ether oxygens (including phenoxy) is 7. The minimum absolute atomic E-state index is 0.193. The first-order chi connectivity index (χ1) is 12.8. The van der Waals surface area contributed by atoms with Gasteiger partial charge in [0, 0.05) is 28.1 Å². The van der Waals surface area contributed by atoms with Crippen molar-refractivity contribution in [3.63, 3.8) is 0 Å². The maximum atomic E-state index is 11.5. The van der Waals surface area contributed by atoms with Gasteiger partial charge in [0.05, 0.1) is 25.4 Å². The third-order valence-electron chi connectivity index (χ3n) is 4.62. The van der Waals surface area contributed by atoms with Gasteiger partial charge in [0.15, 0.2) is 12.4 Å². The molecule has 0 saturated carbocycles. The van der Waals surface area contributed by atoms with E-state index in [1.54, 1.807) is 6.92 Å². The van der Waals surface area contributed by atoms with Gasteiger partial charge in [-0.1, -0.05) is 0 Å². The summed E-state index contributed by atoms with van der Waals surface area (Å²) in [6.45, 7) is 4.79. The Morgan fingerprint density at radius 3 is 2.07 bits per heavy atom. The minimum Gasteiger partial charge on any atom is -0.458 e. The Hall–Kier alpha value is -1.30. The normalized spacial score (nSPS) is 39.6. The Balaban J connectivity index is 2.13. The molecular weight excluding hydrogens is 362 g/mol. The van der Waals surface area contributed by atoms with Crippen LogP contribution in [0.2, 0.25) is 0 Å². The Morgan fingerprint density at radius 2 is 1.52 bits per heavy atom. The molecule has 0 aromatic heterocycles. The third-order valence-corrected chi connectivity index (χ3v) is 4.62. The van der Waals surface area contributed by atoms with Gasteiger partial charge in [0.1, 0.15) is 24.4 Å². The summed E-state index contributed by atoms with van der Waals surface area (Å²) in [5.41, 5.74) is 6.19. The zero-order valence-electron chi connectivity index (χ0n) is 16.3. The number of methoxy groups -OCH3 is 2. The number of hydrogen-bond acceptors (Lipinski definition) is 10. The molecule has 2 aliphatic heterocycles. The second-order valence-electron chi connectivity index (χ2n) is 6.62. The molecule has 0 radical (unpaired) electrons. The van der Waals surface area contributed by atoms with Crippen LogP contribution in [-0.4, -0.2) is 88.3 Å². The lowest BCUT2D eigenvalue weighted by Crippen LogP contribution is -2.63. The molecule has 0 aromatic carbocycles. The first-order valence-electron chi connectivity index (χ1n) is 8.82. The Labute approximate surface area is 158 Å². The van der Waals surface area contributed by atoms with Crippen molar-refractivity contribution in [1.29, 1.82) is 0 Å². The summed E-state index contributed by atoms with van der Waals surface area (Å²) in [5, 5.41) is 0. The lowest BCUT2D eigenvalue weighted by molar-refractivity contribution is -0.321. The van der Waals surface area contributed by atoms with Crippen LogP contribution in [0, 0.1) is 0 Å². The molecule has 2 rings (SSSR count). The zero-order chi connectivity index (χ0) is 20.1. The summed E-state index contributed by atoms with van der Waals surface area (Å²) in [5.74, 6) is -0.917. The first-order valence-corrected chi connectivity index (χ1v) is 8.82. The highest BCUT2D eigenvalue weighted by Crippen LogP contribution is 2.30. The monoisotopic (exact) mass is 391 g/mol. The van der Waals surface area contributed by atoms with Gasteiger partial charge in [0.25, 0.3) is 0 Å². The molecule has 2 aliphatic rings. The highest BCUT2D eigenvalue weighted by Gasteiger charge is 2.49. The van der Waals surface area contributed by atoms with E-state index in [0.717, 1.165) is 0 Å². The van der Waals surface area contributed by atoms with Crippen molar-refractivity contribution < 1.29 is 42.7 Å². The van der Waals surface area contributed by atoms with Crippen LogP contribution < -0.4 is 5.73 Å². The molecule has 0 aromatic rings. The Kier molecular flexibility index (Phi) is 7.95. The summed E-state index contributed by atoms with van der Waals surface area (Å²) in [6, 6.07) is -0.605. The fourth-order valence-corrected chi connectivity index (χ4v) is 3.37. The molecule has 2 fully saturated rings. The van der Waals surface area contributed by atoms with E-state index in [4.69, 9.17) is 38.9 Å². The highest BCUT2D eigenvalue weighted by molar-refractivity contribution is 5.66.